The van der Waals surface area contributed by atoms with Crippen molar-refractivity contribution in [1.82, 2.24) is 5.16 Å². The van der Waals surface area contributed by atoms with Gasteiger partial charge in [-0.3, -0.25) is 0 Å². The van der Waals surface area contributed by atoms with Gasteiger partial charge in [0.1, 0.15) is 5.56 Å². The first-order valence-corrected chi connectivity index (χ1v) is 4.62. The summed E-state index contributed by atoms with van der Waals surface area (Å²) in [5.41, 5.74) is 0.545. The lowest BCUT2D eigenvalue weighted by molar-refractivity contribution is 0.0686. The third-order valence-electron chi connectivity index (χ3n) is 2.33. The molecule has 0 unspecified atom stereocenters. The van der Waals surface area contributed by atoms with E-state index >= 15 is 0 Å². The van der Waals surface area contributed by atoms with Crippen molar-refractivity contribution in [3.8, 4) is 11.1 Å². The van der Waals surface area contributed by atoms with E-state index < -0.39 is 11.6 Å². The number of carbonyl (C=O) groups is 1. The van der Waals surface area contributed by atoms with Crippen LogP contribution in [0.4, 0.5) is 0 Å². The zero-order chi connectivity index (χ0) is 11.7. The summed E-state index contributed by atoms with van der Waals surface area (Å²) in [5, 5.41) is 11.0. The van der Waals surface area contributed by atoms with E-state index in [4.69, 9.17) is 5.11 Å². The van der Waals surface area contributed by atoms with Crippen molar-refractivity contribution in [3.05, 3.63) is 45.9 Å². The first-order valence-electron chi connectivity index (χ1n) is 4.62. The highest BCUT2D eigenvalue weighted by atomic mass is 16.5. The second kappa shape index (κ2) is 3.69. The van der Waals surface area contributed by atoms with E-state index in [0.29, 0.717) is 5.56 Å². The topological polar surface area (TPSA) is 83.3 Å². The van der Waals surface area contributed by atoms with E-state index in [0.717, 1.165) is 5.56 Å². The fraction of sp³-hybridized carbons (Fsp3) is 0.0909. The van der Waals surface area contributed by atoms with Crippen LogP contribution >= 0.6 is 0 Å². The third-order valence-corrected chi connectivity index (χ3v) is 2.33. The van der Waals surface area contributed by atoms with E-state index in [-0.39, 0.29) is 11.3 Å². The van der Waals surface area contributed by atoms with Gasteiger partial charge >= 0.3 is 11.6 Å². The average molecular weight is 219 g/mol. The summed E-state index contributed by atoms with van der Waals surface area (Å²) in [6, 6.07) is 7.03. The number of rotatable bonds is 2. The summed E-state index contributed by atoms with van der Waals surface area (Å²) in [5.74, 6) is -1.22. The maximum absolute atomic E-state index is 11.4. The van der Waals surface area contributed by atoms with Crippen molar-refractivity contribution in [3.63, 3.8) is 0 Å². The Morgan fingerprint density at radius 3 is 2.69 bits per heavy atom. The zero-order valence-corrected chi connectivity index (χ0v) is 8.48. The fourth-order valence-electron chi connectivity index (χ4n) is 1.55. The molecule has 5 nitrogen and oxygen atoms in total. The van der Waals surface area contributed by atoms with Gasteiger partial charge in [-0.1, -0.05) is 24.3 Å². The lowest BCUT2D eigenvalue weighted by atomic mass is 10.0. The molecule has 5 heteroatoms. The van der Waals surface area contributed by atoms with E-state index in [1.165, 1.54) is 0 Å². The predicted molar refractivity (Wildman–Crippen MR) is 56.5 cm³/mol. The zero-order valence-electron chi connectivity index (χ0n) is 8.48. The predicted octanol–water partition coefficient (Wildman–Crippen LogP) is 1.64. The number of benzene rings is 1. The molecule has 1 heterocycles. The maximum Gasteiger partial charge on any atom is 0.365 e. The quantitative estimate of drug-likeness (QED) is 0.804. The molecule has 0 fully saturated rings. The molecule has 0 aliphatic rings. The monoisotopic (exact) mass is 219 g/mol. The fourth-order valence-corrected chi connectivity index (χ4v) is 1.55. The molecular weight excluding hydrogens is 210 g/mol. The van der Waals surface area contributed by atoms with Crippen LogP contribution in [0.3, 0.4) is 0 Å². The summed E-state index contributed by atoms with van der Waals surface area (Å²) in [7, 11) is 0. The molecule has 16 heavy (non-hydrogen) atoms. The normalized spacial score (nSPS) is 10.3. The number of hydrogen-bond donors (Lipinski definition) is 2. The molecule has 0 atom stereocenters. The molecule has 2 N–H and O–H groups in total. The molecule has 0 aliphatic carbocycles. The van der Waals surface area contributed by atoms with E-state index in [2.05, 4.69) is 9.68 Å². The van der Waals surface area contributed by atoms with Crippen LogP contribution in [-0.4, -0.2) is 16.2 Å². The number of carboxylic acid groups (broad SMARTS) is 1. The minimum Gasteiger partial charge on any atom is -0.476 e. The summed E-state index contributed by atoms with van der Waals surface area (Å²) in [6.07, 6.45) is 0. The van der Waals surface area contributed by atoms with Gasteiger partial charge in [0.25, 0.3) is 0 Å². The van der Waals surface area contributed by atoms with Crippen molar-refractivity contribution in [1.29, 1.82) is 0 Å². The summed E-state index contributed by atoms with van der Waals surface area (Å²) in [4.78, 5) is 22.3. The molecule has 0 bridgehead atoms. The highest BCUT2D eigenvalue weighted by Crippen LogP contribution is 2.22. The van der Waals surface area contributed by atoms with Crippen LogP contribution in [0.15, 0.2) is 33.6 Å². The Morgan fingerprint density at radius 2 is 2.06 bits per heavy atom. The molecule has 1 aromatic carbocycles. The molecule has 2 rings (SSSR count). The number of hydrogen-bond acceptors (Lipinski definition) is 3. The smallest absolute Gasteiger partial charge is 0.365 e. The van der Waals surface area contributed by atoms with Crippen molar-refractivity contribution in [2.45, 2.75) is 6.92 Å². The third kappa shape index (κ3) is 1.52. The number of aromatic carboxylic acids is 1. The van der Waals surface area contributed by atoms with Crippen LogP contribution in [0.2, 0.25) is 0 Å². The van der Waals surface area contributed by atoms with Gasteiger partial charge < -0.3 is 9.63 Å². The summed E-state index contributed by atoms with van der Waals surface area (Å²) < 4.78 is 4.50. The van der Waals surface area contributed by atoms with E-state index in [1.54, 1.807) is 25.1 Å². The second-order valence-electron chi connectivity index (χ2n) is 3.36. The molecule has 0 spiro atoms. The van der Waals surface area contributed by atoms with Crippen LogP contribution in [0.25, 0.3) is 11.1 Å². The molecule has 1 aromatic heterocycles. The van der Waals surface area contributed by atoms with Crippen molar-refractivity contribution >= 4 is 5.97 Å². The van der Waals surface area contributed by atoms with Crippen LogP contribution in [0.1, 0.15) is 16.1 Å². The summed E-state index contributed by atoms with van der Waals surface area (Å²) >= 11 is 0. The molecular formula is C11H9NO4. The number of aryl methyl sites for hydroxylation is 1. The maximum atomic E-state index is 11.4. The lowest BCUT2D eigenvalue weighted by Gasteiger charge is -2.01. The Balaban J connectivity index is 2.74. The number of aromatic amines is 1. The van der Waals surface area contributed by atoms with Gasteiger partial charge in [0.15, 0.2) is 5.69 Å². The van der Waals surface area contributed by atoms with Gasteiger partial charge in [-0.05, 0) is 18.1 Å². The number of nitrogens with one attached hydrogen (secondary N) is 1. The Hall–Kier alpha value is -2.30. The van der Waals surface area contributed by atoms with Gasteiger partial charge in [-0.15, -0.1) is 0 Å². The van der Waals surface area contributed by atoms with Crippen LogP contribution in [0, 0.1) is 6.92 Å². The van der Waals surface area contributed by atoms with Gasteiger partial charge in [0.2, 0.25) is 0 Å². The first kappa shape index (κ1) is 10.2. The van der Waals surface area contributed by atoms with Crippen LogP contribution in [0.5, 0.6) is 0 Å². The standard InChI is InChI=1S/C11H9NO4/c1-6-4-2-3-5-7(6)8-9(10(13)14)12-16-11(8)15/h2-5,12H,1H3,(H,13,14). The van der Waals surface area contributed by atoms with Gasteiger partial charge in [-0.2, -0.15) is 0 Å². The molecule has 2 aromatic rings. The van der Waals surface area contributed by atoms with Crippen LogP contribution < -0.4 is 5.63 Å². The lowest BCUT2D eigenvalue weighted by Crippen LogP contribution is -2.04. The highest BCUT2D eigenvalue weighted by molar-refractivity contribution is 5.93. The van der Waals surface area contributed by atoms with Gasteiger partial charge in [0.05, 0.1) is 0 Å². The van der Waals surface area contributed by atoms with E-state index in [1.807, 2.05) is 6.07 Å². The minimum absolute atomic E-state index is 0.0607. The number of carboxylic acids is 1. The number of aromatic nitrogens is 1. The number of H-pyrrole nitrogens is 1. The Kier molecular flexibility index (Phi) is 2.36. The summed E-state index contributed by atoms with van der Waals surface area (Å²) in [6.45, 7) is 1.80. The first-order chi connectivity index (χ1) is 7.61. The molecule has 82 valence electrons. The Morgan fingerprint density at radius 1 is 1.38 bits per heavy atom. The average Bonchev–Trinajstić information content (AvgIpc) is 2.61. The Labute approximate surface area is 90.3 Å². The molecule has 0 radical (unpaired) electrons. The molecule has 0 amide bonds. The van der Waals surface area contributed by atoms with Crippen molar-refractivity contribution < 1.29 is 14.4 Å². The SMILES string of the molecule is Cc1ccccc1-c1c(C(=O)O)[nH]oc1=O. The van der Waals surface area contributed by atoms with Gasteiger partial charge in [0, 0.05) is 0 Å². The van der Waals surface area contributed by atoms with Crippen LogP contribution in [-0.2, 0) is 0 Å². The van der Waals surface area contributed by atoms with Crippen molar-refractivity contribution in [2.75, 3.05) is 0 Å². The van der Waals surface area contributed by atoms with E-state index in [9.17, 15) is 9.59 Å². The second-order valence-corrected chi connectivity index (χ2v) is 3.36. The molecule has 0 aliphatic heterocycles. The molecule has 0 saturated heterocycles. The van der Waals surface area contributed by atoms with Gasteiger partial charge in [-0.25, -0.2) is 14.7 Å². The Bertz CT molecular complexity index is 594. The minimum atomic E-state index is -1.22. The largest absolute Gasteiger partial charge is 0.476 e. The van der Waals surface area contributed by atoms with Crippen molar-refractivity contribution in [2.24, 2.45) is 0 Å². The molecule has 0 saturated carbocycles. The highest BCUT2D eigenvalue weighted by Gasteiger charge is 2.20.